The molecule has 39 heavy (non-hydrogen) atoms. The van der Waals surface area contributed by atoms with Crippen molar-refractivity contribution >= 4 is 23.3 Å². The number of pyridine rings is 2. The van der Waals surface area contributed by atoms with Crippen LogP contribution in [0.4, 0.5) is 22.0 Å². The summed E-state index contributed by atoms with van der Waals surface area (Å²) in [6.07, 6.45) is 5.46. The molecule has 6 heterocycles. The Kier molecular flexibility index (Phi) is 7.01. The molecule has 0 unspecified atom stereocenters. The Labute approximate surface area is 230 Å². The number of hydrogen-bond donors (Lipinski definition) is 1. The van der Waals surface area contributed by atoms with Gasteiger partial charge in [0, 0.05) is 55.7 Å². The van der Waals surface area contributed by atoms with E-state index in [1.165, 1.54) is 0 Å². The summed E-state index contributed by atoms with van der Waals surface area (Å²) >= 11 is 0. The fraction of sp³-hybridized carbons (Fsp3) is 0.621. The molecule has 0 aliphatic carbocycles. The smallest absolute Gasteiger partial charge is 0.410 e. The highest BCUT2D eigenvalue weighted by Crippen LogP contribution is 2.43. The topological polar surface area (TPSA) is 92.3 Å². The highest BCUT2D eigenvalue weighted by atomic mass is 16.6. The van der Waals surface area contributed by atoms with E-state index in [-0.39, 0.29) is 12.2 Å². The average Bonchev–Trinajstić information content (AvgIpc) is 3.03. The third-order valence-electron chi connectivity index (χ3n) is 8.15. The van der Waals surface area contributed by atoms with Crippen LogP contribution in [0.3, 0.4) is 0 Å². The fourth-order valence-electron chi connectivity index (χ4n) is 6.02. The second kappa shape index (κ2) is 10.5. The number of anilines is 3. The first kappa shape index (κ1) is 26.1. The molecule has 0 spiro atoms. The van der Waals surface area contributed by atoms with Crippen LogP contribution < -0.4 is 15.0 Å². The first-order chi connectivity index (χ1) is 18.7. The lowest BCUT2D eigenvalue weighted by Crippen LogP contribution is -2.62. The summed E-state index contributed by atoms with van der Waals surface area (Å²) in [7, 11) is 0. The number of carbonyl (C=O) groups is 1. The lowest BCUT2D eigenvalue weighted by atomic mass is 9.91. The third kappa shape index (κ3) is 5.49. The predicted molar refractivity (Wildman–Crippen MR) is 149 cm³/mol. The van der Waals surface area contributed by atoms with Crippen molar-refractivity contribution in [1.82, 2.24) is 19.8 Å². The number of piperidine rings is 1. The van der Waals surface area contributed by atoms with Crippen LogP contribution in [0.15, 0.2) is 24.5 Å². The van der Waals surface area contributed by atoms with Crippen molar-refractivity contribution in [3.8, 4) is 5.75 Å². The molecule has 0 bridgehead atoms. The molecular weight excluding hydrogens is 496 g/mol. The van der Waals surface area contributed by atoms with Crippen molar-refractivity contribution < 1.29 is 19.0 Å². The molecule has 2 aromatic heterocycles. The molecule has 1 amide bonds. The molecular formula is C29H40N6O4. The van der Waals surface area contributed by atoms with Gasteiger partial charge in [0.1, 0.15) is 17.5 Å². The Morgan fingerprint density at radius 3 is 2.56 bits per heavy atom. The molecule has 0 radical (unpaired) electrons. The summed E-state index contributed by atoms with van der Waals surface area (Å²) in [6.45, 7) is 14.5. The van der Waals surface area contributed by atoms with Gasteiger partial charge >= 0.3 is 6.09 Å². The maximum Gasteiger partial charge on any atom is 0.410 e. The molecule has 1 atom stereocenters. The minimum Gasteiger partial charge on any atom is -0.482 e. The van der Waals surface area contributed by atoms with Crippen molar-refractivity contribution in [1.29, 1.82) is 0 Å². The van der Waals surface area contributed by atoms with Crippen molar-refractivity contribution in [3.63, 3.8) is 0 Å². The maximum absolute atomic E-state index is 12.3. The molecule has 6 rings (SSSR count). The molecule has 3 fully saturated rings. The molecule has 0 aromatic carbocycles. The van der Waals surface area contributed by atoms with Gasteiger partial charge in [-0.3, -0.25) is 9.88 Å². The molecule has 0 saturated carbocycles. The lowest BCUT2D eigenvalue weighted by Gasteiger charge is -2.47. The number of morpholine rings is 1. The van der Waals surface area contributed by atoms with E-state index in [0.29, 0.717) is 12.0 Å². The van der Waals surface area contributed by atoms with Gasteiger partial charge in [-0.2, -0.15) is 0 Å². The number of likely N-dealkylation sites (tertiary alicyclic amines) is 2. The first-order valence-electron chi connectivity index (χ1n) is 14.2. The van der Waals surface area contributed by atoms with Crippen molar-refractivity contribution in [2.45, 2.75) is 64.2 Å². The Bertz CT molecular complexity index is 1200. The van der Waals surface area contributed by atoms with E-state index in [4.69, 9.17) is 24.2 Å². The van der Waals surface area contributed by atoms with Crippen molar-refractivity contribution in [2.75, 3.05) is 62.7 Å². The van der Waals surface area contributed by atoms with Crippen LogP contribution >= 0.6 is 0 Å². The summed E-state index contributed by atoms with van der Waals surface area (Å²) in [4.78, 5) is 28.5. The van der Waals surface area contributed by atoms with Gasteiger partial charge in [0.2, 0.25) is 0 Å². The van der Waals surface area contributed by atoms with Crippen LogP contribution in [0.2, 0.25) is 0 Å². The van der Waals surface area contributed by atoms with Gasteiger partial charge in [-0.05, 0) is 65.8 Å². The summed E-state index contributed by atoms with van der Waals surface area (Å²) in [5.41, 5.74) is 3.78. The van der Waals surface area contributed by atoms with Gasteiger partial charge in [-0.15, -0.1) is 0 Å². The van der Waals surface area contributed by atoms with E-state index < -0.39 is 5.60 Å². The normalized spacial score (nSPS) is 22.6. The van der Waals surface area contributed by atoms with E-state index >= 15 is 0 Å². The standard InChI is InChI=1S/C29H40N6O4/c1-19-26-24(34-11-13-37-14-12-34)5-8-30-27(26)32-23-15-22(31-16-25(23)38-19)20-6-9-33(10-7-20)21-17-35(18-21)28(36)39-29(2,3)4/h5,8,15-16,19-21H,6-7,9-14,17-18H2,1-4H3,(H,30,32)/t19-/m0/s1. The van der Waals surface area contributed by atoms with Gasteiger partial charge in [0.15, 0.2) is 5.75 Å². The Balaban J connectivity index is 1.10. The molecule has 2 aromatic rings. The number of ether oxygens (including phenoxy) is 3. The van der Waals surface area contributed by atoms with Crippen molar-refractivity contribution in [2.24, 2.45) is 0 Å². The molecule has 4 aliphatic heterocycles. The molecule has 10 nitrogen and oxygen atoms in total. The minimum atomic E-state index is -0.456. The highest BCUT2D eigenvalue weighted by Gasteiger charge is 2.38. The van der Waals surface area contributed by atoms with E-state index in [0.717, 1.165) is 99.5 Å². The molecule has 3 saturated heterocycles. The Hall–Kier alpha value is -3.11. The van der Waals surface area contributed by atoms with Crippen LogP contribution in [0.25, 0.3) is 0 Å². The van der Waals surface area contributed by atoms with Crippen LogP contribution in [-0.2, 0) is 9.47 Å². The van der Waals surface area contributed by atoms with E-state index in [2.05, 4.69) is 34.2 Å². The largest absolute Gasteiger partial charge is 0.482 e. The zero-order valence-electron chi connectivity index (χ0n) is 23.5. The van der Waals surface area contributed by atoms with Gasteiger partial charge in [0.05, 0.1) is 30.7 Å². The summed E-state index contributed by atoms with van der Waals surface area (Å²) in [6, 6.07) is 4.64. The number of aromatic nitrogens is 2. The quantitative estimate of drug-likeness (QED) is 0.616. The van der Waals surface area contributed by atoms with E-state index in [1.54, 1.807) is 4.90 Å². The number of rotatable bonds is 3. The van der Waals surface area contributed by atoms with Crippen LogP contribution in [0.1, 0.15) is 63.8 Å². The average molecular weight is 537 g/mol. The van der Waals surface area contributed by atoms with Crippen LogP contribution in [0.5, 0.6) is 5.75 Å². The van der Waals surface area contributed by atoms with Crippen molar-refractivity contribution in [3.05, 3.63) is 35.8 Å². The Morgan fingerprint density at radius 2 is 1.85 bits per heavy atom. The number of amides is 1. The fourth-order valence-corrected chi connectivity index (χ4v) is 6.02. The summed E-state index contributed by atoms with van der Waals surface area (Å²) in [5.74, 6) is 1.99. The summed E-state index contributed by atoms with van der Waals surface area (Å²) in [5, 5.41) is 3.58. The number of carbonyl (C=O) groups excluding carboxylic acids is 1. The first-order valence-corrected chi connectivity index (χ1v) is 14.2. The van der Waals surface area contributed by atoms with Gasteiger partial charge < -0.3 is 29.3 Å². The summed E-state index contributed by atoms with van der Waals surface area (Å²) < 4.78 is 17.5. The maximum atomic E-state index is 12.3. The molecule has 210 valence electrons. The van der Waals surface area contributed by atoms with E-state index in [9.17, 15) is 4.79 Å². The number of nitrogens with one attached hydrogen (secondary N) is 1. The predicted octanol–water partition coefficient (Wildman–Crippen LogP) is 4.31. The molecule has 1 N–H and O–H groups in total. The monoisotopic (exact) mass is 536 g/mol. The second-order valence-electron chi connectivity index (χ2n) is 12.0. The van der Waals surface area contributed by atoms with Gasteiger partial charge in [0.25, 0.3) is 0 Å². The molecule has 10 heteroatoms. The van der Waals surface area contributed by atoms with Crippen LogP contribution in [-0.4, -0.2) is 90.0 Å². The number of nitrogens with zero attached hydrogens (tertiary/aromatic N) is 5. The lowest BCUT2D eigenvalue weighted by molar-refractivity contribution is -0.0197. The zero-order valence-corrected chi connectivity index (χ0v) is 23.5. The highest BCUT2D eigenvalue weighted by molar-refractivity contribution is 5.73. The Morgan fingerprint density at radius 1 is 1.10 bits per heavy atom. The second-order valence-corrected chi connectivity index (χ2v) is 12.0. The minimum absolute atomic E-state index is 0.154. The number of fused-ring (bicyclic) bond motifs is 2. The third-order valence-corrected chi connectivity index (χ3v) is 8.15. The van der Waals surface area contributed by atoms with Gasteiger partial charge in [-0.1, -0.05) is 0 Å². The molecule has 4 aliphatic rings. The van der Waals surface area contributed by atoms with E-state index in [1.807, 2.05) is 33.2 Å². The number of hydrogen-bond acceptors (Lipinski definition) is 9. The SMILES string of the molecule is C[C@@H]1Oc2cnc(C3CCN(C4CN(C(=O)OC(C)(C)C)C4)CC3)cc2Nc2nccc(N3CCOCC3)c21. The van der Waals surface area contributed by atoms with Gasteiger partial charge in [-0.25, -0.2) is 9.78 Å². The zero-order chi connectivity index (χ0) is 27.1. The van der Waals surface area contributed by atoms with Crippen LogP contribution in [0, 0.1) is 0 Å².